The van der Waals surface area contributed by atoms with Gasteiger partial charge in [-0.2, -0.15) is 0 Å². The maximum atomic E-state index is 5.56. The fraction of sp³-hybridized carbons (Fsp3) is 0.200. The molecular formula is C5H7ClN2. The summed E-state index contributed by atoms with van der Waals surface area (Å²) in [6, 6.07) is 1.71. The summed E-state index contributed by atoms with van der Waals surface area (Å²) in [5, 5.41) is 0.685. The third-order valence-corrected chi connectivity index (χ3v) is 1.22. The van der Waals surface area contributed by atoms with Gasteiger partial charge in [-0.3, -0.25) is 0 Å². The highest BCUT2D eigenvalue weighted by Gasteiger charge is 1.92. The molecule has 2 N–H and O–H groups in total. The van der Waals surface area contributed by atoms with Gasteiger partial charge in [0.15, 0.2) is 0 Å². The summed E-state index contributed by atoms with van der Waals surface area (Å²) in [6.07, 6.45) is 1.76. The van der Waals surface area contributed by atoms with Crippen molar-refractivity contribution in [3.05, 3.63) is 17.3 Å². The smallest absolute Gasteiger partial charge is 0.104 e. The minimum absolute atomic E-state index is 0.685. The summed E-state index contributed by atoms with van der Waals surface area (Å²) in [6.45, 7) is 0. The van der Waals surface area contributed by atoms with Crippen molar-refractivity contribution < 1.29 is 0 Å². The Morgan fingerprint density at radius 3 is 2.50 bits per heavy atom. The van der Waals surface area contributed by atoms with Gasteiger partial charge in [0, 0.05) is 13.2 Å². The Morgan fingerprint density at radius 2 is 2.38 bits per heavy atom. The zero-order chi connectivity index (χ0) is 6.15. The lowest BCUT2D eigenvalue weighted by atomic mass is 10.6. The molecule has 0 radical (unpaired) electrons. The van der Waals surface area contributed by atoms with Crippen LogP contribution in [-0.4, -0.2) is 4.57 Å². The van der Waals surface area contributed by atoms with Gasteiger partial charge in [0.05, 0.1) is 5.02 Å². The maximum Gasteiger partial charge on any atom is 0.104 e. The molecule has 0 saturated heterocycles. The molecule has 0 amide bonds. The molecule has 0 aliphatic carbocycles. The first kappa shape index (κ1) is 5.51. The van der Waals surface area contributed by atoms with E-state index in [0.717, 1.165) is 0 Å². The number of nitrogens with two attached hydrogens (primary N) is 1. The van der Waals surface area contributed by atoms with Gasteiger partial charge < -0.3 is 10.3 Å². The van der Waals surface area contributed by atoms with Crippen LogP contribution in [0, 0.1) is 0 Å². The predicted molar refractivity (Wildman–Crippen MR) is 34.8 cm³/mol. The summed E-state index contributed by atoms with van der Waals surface area (Å²) in [5.41, 5.74) is 5.42. The molecule has 0 spiro atoms. The second-order valence-electron chi connectivity index (χ2n) is 1.69. The van der Waals surface area contributed by atoms with E-state index in [2.05, 4.69) is 0 Å². The zero-order valence-corrected chi connectivity index (χ0v) is 5.31. The standard InChI is InChI=1S/C5H7ClN2/c1-8-3-4(6)2-5(8)7/h2-3H,7H2,1H3. The van der Waals surface area contributed by atoms with Gasteiger partial charge in [-0.15, -0.1) is 0 Å². The van der Waals surface area contributed by atoms with Crippen molar-refractivity contribution in [2.75, 3.05) is 5.73 Å². The number of hydrogen-bond acceptors (Lipinski definition) is 1. The van der Waals surface area contributed by atoms with Crippen molar-refractivity contribution in [3.8, 4) is 0 Å². The fourth-order valence-corrected chi connectivity index (χ4v) is 0.798. The number of hydrogen-bond donors (Lipinski definition) is 1. The number of nitrogens with zero attached hydrogens (tertiary/aromatic N) is 1. The normalized spacial score (nSPS) is 9.75. The zero-order valence-electron chi connectivity index (χ0n) is 4.56. The van der Waals surface area contributed by atoms with E-state index in [-0.39, 0.29) is 0 Å². The molecule has 8 heavy (non-hydrogen) atoms. The van der Waals surface area contributed by atoms with Crippen LogP contribution in [0.2, 0.25) is 5.02 Å². The lowest BCUT2D eigenvalue weighted by molar-refractivity contribution is 0.941. The Balaban J connectivity index is 3.14. The molecule has 0 saturated carbocycles. The molecule has 2 nitrogen and oxygen atoms in total. The van der Waals surface area contributed by atoms with Crippen molar-refractivity contribution in [2.24, 2.45) is 7.05 Å². The van der Waals surface area contributed by atoms with Gasteiger partial charge in [-0.1, -0.05) is 11.6 Å². The maximum absolute atomic E-state index is 5.56. The van der Waals surface area contributed by atoms with E-state index in [1.54, 1.807) is 16.8 Å². The van der Waals surface area contributed by atoms with Crippen molar-refractivity contribution in [1.82, 2.24) is 4.57 Å². The van der Waals surface area contributed by atoms with E-state index in [1.165, 1.54) is 0 Å². The first-order valence-corrected chi connectivity index (χ1v) is 2.65. The number of anilines is 1. The summed E-state index contributed by atoms with van der Waals surface area (Å²) >= 11 is 5.56. The molecule has 0 aromatic carbocycles. The molecule has 0 bridgehead atoms. The minimum atomic E-state index is 0.685. The van der Waals surface area contributed by atoms with E-state index in [4.69, 9.17) is 17.3 Å². The Kier molecular flexibility index (Phi) is 1.18. The number of nitrogen functional groups attached to an aromatic ring is 1. The van der Waals surface area contributed by atoms with E-state index >= 15 is 0 Å². The van der Waals surface area contributed by atoms with Crippen LogP contribution in [-0.2, 0) is 7.05 Å². The second kappa shape index (κ2) is 1.71. The van der Waals surface area contributed by atoms with Gasteiger partial charge in [-0.25, -0.2) is 0 Å². The number of aromatic nitrogens is 1. The molecule has 1 aromatic heterocycles. The number of aryl methyl sites for hydroxylation is 1. The average Bonchev–Trinajstić information content (AvgIpc) is 1.85. The van der Waals surface area contributed by atoms with Crippen LogP contribution < -0.4 is 5.73 Å². The van der Waals surface area contributed by atoms with Gasteiger partial charge in [0.1, 0.15) is 5.82 Å². The largest absolute Gasteiger partial charge is 0.385 e. The van der Waals surface area contributed by atoms with Crippen LogP contribution in [0.25, 0.3) is 0 Å². The summed E-state index contributed by atoms with van der Waals surface area (Å²) in [5.74, 6) is 0.690. The minimum Gasteiger partial charge on any atom is -0.385 e. The Labute approximate surface area is 52.9 Å². The average molecular weight is 131 g/mol. The van der Waals surface area contributed by atoms with Gasteiger partial charge in [-0.05, 0) is 6.07 Å². The summed E-state index contributed by atoms with van der Waals surface area (Å²) in [4.78, 5) is 0. The SMILES string of the molecule is Cn1cc(Cl)cc1N. The fourth-order valence-electron chi connectivity index (χ4n) is 0.540. The van der Waals surface area contributed by atoms with Crippen LogP contribution in [0.4, 0.5) is 5.82 Å². The van der Waals surface area contributed by atoms with Crippen molar-refractivity contribution in [1.29, 1.82) is 0 Å². The molecule has 0 fully saturated rings. The summed E-state index contributed by atoms with van der Waals surface area (Å²) in [7, 11) is 1.85. The predicted octanol–water partition coefficient (Wildman–Crippen LogP) is 1.26. The van der Waals surface area contributed by atoms with Gasteiger partial charge in [0.25, 0.3) is 0 Å². The molecule has 44 valence electrons. The number of rotatable bonds is 0. The molecule has 0 atom stereocenters. The van der Waals surface area contributed by atoms with Crippen LogP contribution in [0.3, 0.4) is 0 Å². The third kappa shape index (κ3) is 0.793. The highest BCUT2D eigenvalue weighted by Crippen LogP contribution is 2.12. The molecule has 1 heterocycles. The first-order valence-electron chi connectivity index (χ1n) is 2.27. The lowest BCUT2D eigenvalue weighted by Gasteiger charge is -1.89. The highest BCUT2D eigenvalue weighted by atomic mass is 35.5. The van der Waals surface area contributed by atoms with E-state index in [0.29, 0.717) is 10.8 Å². The molecule has 3 heteroatoms. The topological polar surface area (TPSA) is 30.9 Å². The van der Waals surface area contributed by atoms with Gasteiger partial charge in [0.2, 0.25) is 0 Å². The van der Waals surface area contributed by atoms with Crippen LogP contribution >= 0.6 is 11.6 Å². The second-order valence-corrected chi connectivity index (χ2v) is 2.13. The van der Waals surface area contributed by atoms with E-state index < -0.39 is 0 Å². The molecular weight excluding hydrogens is 124 g/mol. The molecule has 0 aliphatic rings. The van der Waals surface area contributed by atoms with Crippen LogP contribution in [0.1, 0.15) is 0 Å². The molecule has 0 unspecified atom stereocenters. The van der Waals surface area contributed by atoms with E-state index in [9.17, 15) is 0 Å². The van der Waals surface area contributed by atoms with Gasteiger partial charge >= 0.3 is 0 Å². The third-order valence-electron chi connectivity index (χ3n) is 1.01. The Bertz CT molecular complexity index is 173. The number of halogens is 1. The van der Waals surface area contributed by atoms with Crippen molar-refractivity contribution in [3.63, 3.8) is 0 Å². The van der Waals surface area contributed by atoms with E-state index in [1.807, 2.05) is 7.05 Å². The molecule has 1 aromatic rings. The molecule has 1 rings (SSSR count). The molecule has 0 aliphatic heterocycles. The Morgan fingerprint density at radius 1 is 1.75 bits per heavy atom. The Hall–Kier alpha value is -0.630. The van der Waals surface area contributed by atoms with Crippen LogP contribution in [0.15, 0.2) is 12.3 Å². The lowest BCUT2D eigenvalue weighted by Crippen LogP contribution is -1.92. The highest BCUT2D eigenvalue weighted by molar-refractivity contribution is 6.30. The van der Waals surface area contributed by atoms with Crippen molar-refractivity contribution in [2.45, 2.75) is 0 Å². The van der Waals surface area contributed by atoms with Crippen LogP contribution in [0.5, 0.6) is 0 Å². The first-order chi connectivity index (χ1) is 3.70. The van der Waals surface area contributed by atoms with Crippen molar-refractivity contribution >= 4 is 17.4 Å². The summed E-state index contributed by atoms with van der Waals surface area (Å²) < 4.78 is 1.77. The quantitative estimate of drug-likeness (QED) is 0.563. The monoisotopic (exact) mass is 130 g/mol.